The minimum atomic E-state index is 0.212. The van der Waals surface area contributed by atoms with Crippen LogP contribution in [0.4, 0.5) is 5.82 Å². The average molecular weight is 302 g/mol. The lowest BCUT2D eigenvalue weighted by Gasteiger charge is -2.28. The van der Waals surface area contributed by atoms with E-state index in [1.54, 1.807) is 0 Å². The largest absolute Gasteiger partial charge is 0.379 e. The van der Waals surface area contributed by atoms with Crippen molar-refractivity contribution >= 4 is 29.2 Å². The Labute approximate surface area is 121 Å². The number of thioether (sulfide) groups is 1. The van der Waals surface area contributed by atoms with Gasteiger partial charge < -0.3 is 14.4 Å². The molecule has 1 aromatic rings. The number of hydrogen-bond acceptors (Lipinski definition) is 6. The first-order chi connectivity index (χ1) is 9.29. The molecule has 0 amide bonds. The molecule has 0 unspecified atom stereocenters. The molecule has 0 bridgehead atoms. The van der Waals surface area contributed by atoms with Crippen molar-refractivity contribution in [2.24, 2.45) is 0 Å². The third-order valence-electron chi connectivity index (χ3n) is 3.36. The third kappa shape index (κ3) is 2.67. The fourth-order valence-electron chi connectivity index (χ4n) is 2.42. The zero-order valence-electron chi connectivity index (χ0n) is 10.8. The molecular formula is C12H16ClN3O2S. The molecule has 0 aromatic carbocycles. The second-order valence-corrected chi connectivity index (χ2v) is 5.73. The van der Waals surface area contributed by atoms with E-state index in [0.717, 1.165) is 31.0 Å². The standard InChI is InChI=1S/C12H16ClN3O2S/c1-19-12-14-10(13)9-7-18-6-8-5-17-4-2-3-16(8)11(9)15-12/h8H,2-7H2,1H3/t8-/m0/s1. The zero-order valence-corrected chi connectivity index (χ0v) is 12.3. The Kier molecular flexibility index (Phi) is 4.12. The monoisotopic (exact) mass is 301 g/mol. The van der Waals surface area contributed by atoms with E-state index in [1.807, 2.05) is 6.26 Å². The third-order valence-corrected chi connectivity index (χ3v) is 4.22. The van der Waals surface area contributed by atoms with Crippen molar-refractivity contribution in [3.8, 4) is 0 Å². The topological polar surface area (TPSA) is 47.5 Å². The molecule has 3 heterocycles. The minimum absolute atomic E-state index is 0.212. The Hall–Kier alpha value is -0.560. The van der Waals surface area contributed by atoms with Gasteiger partial charge in [0, 0.05) is 13.2 Å². The van der Waals surface area contributed by atoms with Crippen LogP contribution in [0.5, 0.6) is 0 Å². The summed E-state index contributed by atoms with van der Waals surface area (Å²) in [6.07, 6.45) is 2.94. The minimum Gasteiger partial charge on any atom is -0.379 e. The van der Waals surface area contributed by atoms with E-state index in [1.165, 1.54) is 11.8 Å². The first kappa shape index (κ1) is 13.4. The van der Waals surface area contributed by atoms with Crippen LogP contribution < -0.4 is 4.90 Å². The highest BCUT2D eigenvalue weighted by molar-refractivity contribution is 7.98. The lowest BCUT2D eigenvalue weighted by atomic mass is 10.2. The van der Waals surface area contributed by atoms with Gasteiger partial charge in [-0.25, -0.2) is 9.97 Å². The van der Waals surface area contributed by atoms with E-state index in [0.29, 0.717) is 30.1 Å². The summed E-state index contributed by atoms with van der Waals surface area (Å²) in [6.45, 7) is 3.49. The van der Waals surface area contributed by atoms with E-state index in [2.05, 4.69) is 14.9 Å². The van der Waals surface area contributed by atoms with Gasteiger partial charge in [-0.3, -0.25) is 0 Å². The summed E-state index contributed by atoms with van der Waals surface area (Å²) in [5, 5.41) is 1.20. The Balaban J connectivity index is 2.05. The SMILES string of the molecule is CSc1nc(Cl)c2c(n1)N1CCCOC[C@H]1COC2. The van der Waals surface area contributed by atoms with E-state index in [4.69, 9.17) is 21.1 Å². The molecule has 0 N–H and O–H groups in total. The van der Waals surface area contributed by atoms with Crippen molar-refractivity contribution in [3.63, 3.8) is 0 Å². The summed E-state index contributed by atoms with van der Waals surface area (Å²) in [7, 11) is 0. The maximum absolute atomic E-state index is 6.27. The lowest BCUT2D eigenvalue weighted by Crippen LogP contribution is -2.40. The second-order valence-electron chi connectivity index (χ2n) is 4.59. The number of rotatable bonds is 1. The fraction of sp³-hybridized carbons (Fsp3) is 0.667. The Morgan fingerprint density at radius 1 is 1.32 bits per heavy atom. The van der Waals surface area contributed by atoms with Crippen LogP contribution in [0.3, 0.4) is 0 Å². The lowest BCUT2D eigenvalue weighted by molar-refractivity contribution is 0.0731. The second kappa shape index (κ2) is 5.83. The molecule has 0 radical (unpaired) electrons. The first-order valence-electron chi connectivity index (χ1n) is 6.32. The van der Waals surface area contributed by atoms with Gasteiger partial charge in [0.2, 0.25) is 0 Å². The predicted octanol–water partition coefficient (Wildman–Crippen LogP) is 1.98. The quantitative estimate of drug-likeness (QED) is 0.449. The Bertz CT molecular complexity index is 475. The molecule has 104 valence electrons. The van der Waals surface area contributed by atoms with Crippen LogP contribution in [0, 0.1) is 0 Å². The van der Waals surface area contributed by atoms with Gasteiger partial charge in [-0.1, -0.05) is 23.4 Å². The maximum atomic E-state index is 6.27. The van der Waals surface area contributed by atoms with Gasteiger partial charge in [-0.2, -0.15) is 0 Å². The zero-order chi connectivity index (χ0) is 13.2. The number of fused-ring (bicyclic) bond motifs is 3. The Morgan fingerprint density at radius 3 is 3.00 bits per heavy atom. The summed E-state index contributed by atoms with van der Waals surface area (Å²) in [5.41, 5.74) is 0.892. The predicted molar refractivity (Wildman–Crippen MR) is 75.0 cm³/mol. The molecule has 5 nitrogen and oxygen atoms in total. The van der Waals surface area contributed by atoms with Gasteiger partial charge in [0.1, 0.15) is 11.0 Å². The molecule has 0 spiro atoms. The molecule has 1 fully saturated rings. The van der Waals surface area contributed by atoms with Gasteiger partial charge in [0.05, 0.1) is 31.4 Å². The molecule has 0 aliphatic carbocycles. The summed E-state index contributed by atoms with van der Waals surface area (Å²) >= 11 is 7.77. The molecule has 19 heavy (non-hydrogen) atoms. The van der Waals surface area contributed by atoms with Gasteiger partial charge in [-0.05, 0) is 12.7 Å². The van der Waals surface area contributed by atoms with Crippen molar-refractivity contribution < 1.29 is 9.47 Å². The van der Waals surface area contributed by atoms with Crippen LogP contribution >= 0.6 is 23.4 Å². The number of aromatic nitrogens is 2. The molecule has 2 aliphatic rings. The summed E-state index contributed by atoms with van der Waals surface area (Å²) in [6, 6.07) is 0.212. The van der Waals surface area contributed by atoms with Crippen LogP contribution in [-0.4, -0.2) is 48.6 Å². The van der Waals surface area contributed by atoms with Crippen LogP contribution in [-0.2, 0) is 16.1 Å². The van der Waals surface area contributed by atoms with Crippen LogP contribution in [0.1, 0.15) is 12.0 Å². The highest BCUT2D eigenvalue weighted by atomic mass is 35.5. The number of ether oxygens (including phenoxy) is 2. The molecule has 7 heteroatoms. The fourth-order valence-corrected chi connectivity index (χ4v) is 3.05. The van der Waals surface area contributed by atoms with Crippen molar-refractivity contribution in [2.45, 2.75) is 24.2 Å². The smallest absolute Gasteiger partial charge is 0.190 e. The van der Waals surface area contributed by atoms with Crippen molar-refractivity contribution in [3.05, 3.63) is 10.7 Å². The van der Waals surface area contributed by atoms with E-state index >= 15 is 0 Å². The molecule has 0 saturated carbocycles. The molecular weight excluding hydrogens is 286 g/mol. The highest BCUT2D eigenvalue weighted by Crippen LogP contribution is 2.32. The molecule has 1 aromatic heterocycles. The van der Waals surface area contributed by atoms with Gasteiger partial charge >= 0.3 is 0 Å². The molecule has 1 atom stereocenters. The molecule has 3 rings (SSSR count). The summed E-state index contributed by atoms with van der Waals surface area (Å²) < 4.78 is 11.3. The Morgan fingerprint density at radius 2 is 2.16 bits per heavy atom. The van der Waals surface area contributed by atoms with Crippen LogP contribution in [0.2, 0.25) is 5.15 Å². The maximum Gasteiger partial charge on any atom is 0.190 e. The highest BCUT2D eigenvalue weighted by Gasteiger charge is 2.29. The van der Waals surface area contributed by atoms with Gasteiger partial charge in [0.25, 0.3) is 0 Å². The number of anilines is 1. The normalized spacial score (nSPS) is 23.3. The summed E-state index contributed by atoms with van der Waals surface area (Å²) in [5.74, 6) is 0.914. The van der Waals surface area contributed by atoms with Crippen molar-refractivity contribution in [1.29, 1.82) is 0 Å². The number of halogens is 1. The van der Waals surface area contributed by atoms with Crippen LogP contribution in [0.25, 0.3) is 0 Å². The molecule has 2 aliphatic heterocycles. The van der Waals surface area contributed by atoms with E-state index in [-0.39, 0.29) is 6.04 Å². The summed E-state index contributed by atoms with van der Waals surface area (Å²) in [4.78, 5) is 11.2. The van der Waals surface area contributed by atoms with Crippen LogP contribution in [0.15, 0.2) is 5.16 Å². The van der Waals surface area contributed by atoms with Gasteiger partial charge in [-0.15, -0.1) is 0 Å². The molecule has 1 saturated heterocycles. The average Bonchev–Trinajstić information content (AvgIpc) is 2.73. The number of nitrogens with zero attached hydrogens (tertiary/aromatic N) is 3. The van der Waals surface area contributed by atoms with Gasteiger partial charge in [0.15, 0.2) is 5.16 Å². The van der Waals surface area contributed by atoms with E-state index in [9.17, 15) is 0 Å². The first-order valence-corrected chi connectivity index (χ1v) is 7.92. The number of hydrogen-bond donors (Lipinski definition) is 0. The van der Waals surface area contributed by atoms with Crippen molar-refractivity contribution in [1.82, 2.24) is 9.97 Å². The van der Waals surface area contributed by atoms with Crippen molar-refractivity contribution in [2.75, 3.05) is 37.5 Å². The van der Waals surface area contributed by atoms with E-state index < -0.39 is 0 Å².